The first-order chi connectivity index (χ1) is 13.1. The highest BCUT2D eigenvalue weighted by atomic mass is 16.2. The molecule has 0 fully saturated rings. The number of nitrogens with zero attached hydrogens (tertiary/aromatic N) is 2. The molecule has 0 unspecified atom stereocenters. The molecule has 0 N–H and O–H groups in total. The Bertz CT molecular complexity index is 457. The lowest BCUT2D eigenvalue weighted by Crippen LogP contribution is -2.08. The summed E-state index contributed by atoms with van der Waals surface area (Å²) in [4.78, 5) is 16.1. The zero-order valence-electron chi connectivity index (χ0n) is 20.2. The quantitative estimate of drug-likeness (QED) is 0.465. The van der Waals surface area contributed by atoms with Crippen molar-refractivity contribution in [1.82, 2.24) is 9.55 Å². The average Bonchev–Trinajstić information content (AvgIpc) is 3.21. The maximum Gasteiger partial charge on any atom is 0.232 e. The number of hydrogen-bond acceptors (Lipinski definition) is 2. The molecule has 0 saturated carbocycles. The van der Waals surface area contributed by atoms with E-state index in [0.717, 1.165) is 25.0 Å². The van der Waals surface area contributed by atoms with Crippen molar-refractivity contribution in [2.75, 3.05) is 0 Å². The van der Waals surface area contributed by atoms with E-state index in [4.69, 9.17) is 0 Å². The summed E-state index contributed by atoms with van der Waals surface area (Å²) in [5.41, 5.74) is 2.19. The van der Waals surface area contributed by atoms with Gasteiger partial charge in [0.1, 0.15) is 6.33 Å². The number of rotatable bonds is 6. The van der Waals surface area contributed by atoms with Gasteiger partial charge in [-0.2, -0.15) is 0 Å². The summed E-state index contributed by atoms with van der Waals surface area (Å²) in [6.45, 7) is 22.4. The van der Waals surface area contributed by atoms with E-state index in [-0.39, 0.29) is 5.91 Å². The van der Waals surface area contributed by atoms with Gasteiger partial charge in [-0.1, -0.05) is 99.5 Å². The van der Waals surface area contributed by atoms with Gasteiger partial charge in [0, 0.05) is 12.6 Å². The van der Waals surface area contributed by atoms with E-state index < -0.39 is 0 Å². The minimum atomic E-state index is 0.105. The minimum absolute atomic E-state index is 0.105. The summed E-state index contributed by atoms with van der Waals surface area (Å²) in [7, 11) is 0. The third-order valence-electron chi connectivity index (χ3n) is 2.76. The molecule has 1 rings (SSSR count). The van der Waals surface area contributed by atoms with Crippen LogP contribution in [0.5, 0.6) is 0 Å². The van der Waals surface area contributed by atoms with Crippen molar-refractivity contribution in [3.63, 3.8) is 0 Å². The molecule has 3 nitrogen and oxygen atoms in total. The fourth-order valence-corrected chi connectivity index (χ4v) is 1.79. The van der Waals surface area contributed by atoms with Gasteiger partial charge in [-0.25, -0.2) is 4.98 Å². The molecule has 0 aliphatic rings. The van der Waals surface area contributed by atoms with Crippen molar-refractivity contribution in [2.24, 2.45) is 0 Å². The molecule has 3 heteroatoms. The first kappa shape index (κ1) is 33.0. The first-order valence-electron chi connectivity index (χ1n) is 11.0. The van der Waals surface area contributed by atoms with Gasteiger partial charge in [0.25, 0.3) is 0 Å². The van der Waals surface area contributed by atoms with Crippen molar-refractivity contribution < 1.29 is 4.79 Å². The Hall–Kier alpha value is -1.64. The van der Waals surface area contributed by atoms with Crippen LogP contribution in [0, 0.1) is 0 Å². The summed E-state index contributed by atoms with van der Waals surface area (Å²) in [6, 6.07) is 0. The van der Waals surface area contributed by atoms with Crippen molar-refractivity contribution in [3.05, 3.63) is 42.0 Å². The van der Waals surface area contributed by atoms with Gasteiger partial charge in [0.15, 0.2) is 0 Å². The Morgan fingerprint density at radius 3 is 1.89 bits per heavy atom. The first-order valence-corrected chi connectivity index (χ1v) is 11.0. The highest BCUT2D eigenvalue weighted by Gasteiger charge is 2.06. The third-order valence-corrected chi connectivity index (χ3v) is 2.76. The molecule has 0 amide bonds. The smallest absolute Gasteiger partial charge is 0.232 e. The fourth-order valence-electron chi connectivity index (χ4n) is 1.79. The second-order valence-corrected chi connectivity index (χ2v) is 4.91. The molecular formula is C24H48N2O. The lowest BCUT2D eigenvalue weighted by molar-refractivity contribution is 0.0903. The van der Waals surface area contributed by atoms with Crippen LogP contribution in [0.2, 0.25) is 0 Å². The number of allylic oxidation sites excluding steroid dienone is 4. The Kier molecular flexibility index (Phi) is 35.6. The van der Waals surface area contributed by atoms with Crippen molar-refractivity contribution in [3.8, 4) is 0 Å². The second-order valence-electron chi connectivity index (χ2n) is 4.91. The molecule has 27 heavy (non-hydrogen) atoms. The van der Waals surface area contributed by atoms with Crippen LogP contribution >= 0.6 is 0 Å². The van der Waals surface area contributed by atoms with Gasteiger partial charge in [-0.05, 0) is 26.2 Å². The molecule has 160 valence electrons. The molecule has 1 aromatic rings. The Morgan fingerprint density at radius 2 is 1.52 bits per heavy atom. The average molecular weight is 381 g/mol. The van der Waals surface area contributed by atoms with E-state index in [0.29, 0.717) is 6.42 Å². The lowest BCUT2D eigenvalue weighted by atomic mass is 10.1. The second kappa shape index (κ2) is 29.1. The zero-order chi connectivity index (χ0) is 22.1. The van der Waals surface area contributed by atoms with Gasteiger partial charge < -0.3 is 0 Å². The highest BCUT2D eigenvalue weighted by Crippen LogP contribution is 2.10. The van der Waals surface area contributed by atoms with Crippen molar-refractivity contribution >= 4 is 5.91 Å². The Balaban J connectivity index is -0.000000253. The molecule has 0 aliphatic heterocycles. The summed E-state index contributed by atoms with van der Waals surface area (Å²) in [5.74, 6) is 0.105. The fraction of sp³-hybridized carbons (Fsp3) is 0.667. The predicted octanol–water partition coefficient (Wildman–Crippen LogP) is 8.27. The van der Waals surface area contributed by atoms with Crippen LogP contribution in [0.1, 0.15) is 112 Å². The van der Waals surface area contributed by atoms with E-state index in [1.807, 2.05) is 67.7 Å². The maximum atomic E-state index is 12.0. The molecular weight excluding hydrogens is 332 g/mol. The van der Waals surface area contributed by atoms with Gasteiger partial charge in [-0.15, -0.1) is 0 Å². The summed E-state index contributed by atoms with van der Waals surface area (Å²) < 4.78 is 1.60. The van der Waals surface area contributed by atoms with Crippen LogP contribution in [-0.4, -0.2) is 15.5 Å². The van der Waals surface area contributed by atoms with Crippen LogP contribution < -0.4 is 0 Å². The van der Waals surface area contributed by atoms with E-state index in [2.05, 4.69) is 37.9 Å². The standard InChI is InChI=1S/C15H22N2O.C3H8.3C2H6/c1-4-7-13(8-5-2)9-10-15(18)17-11-14(6-3)16-12-17;1-3-2;3*1-2/h4,7-8,11-12H,5-6,9-10H2,1-3H3;3H2,1-2H3;3*1-2H3/b7-4-,13-8+;;;;. The number of imidazole rings is 1. The summed E-state index contributed by atoms with van der Waals surface area (Å²) >= 11 is 0. The summed E-state index contributed by atoms with van der Waals surface area (Å²) in [6.07, 6.45) is 14.1. The molecule has 0 aromatic carbocycles. The normalized spacial score (nSPS) is 9.52. The van der Waals surface area contributed by atoms with Crippen LogP contribution in [0.25, 0.3) is 0 Å². The van der Waals surface area contributed by atoms with E-state index in [1.165, 1.54) is 12.0 Å². The van der Waals surface area contributed by atoms with Gasteiger partial charge in [0.05, 0.1) is 5.69 Å². The monoisotopic (exact) mass is 380 g/mol. The SMILES string of the molecule is C/C=C\C(=C/CC)CCC(=O)n1cnc(CC)c1.CC.CC.CC.CCC. The molecule has 0 radical (unpaired) electrons. The Morgan fingerprint density at radius 1 is 1.00 bits per heavy atom. The topological polar surface area (TPSA) is 34.9 Å². The van der Waals surface area contributed by atoms with Crippen LogP contribution in [0.3, 0.4) is 0 Å². The number of aromatic nitrogens is 2. The number of carbonyl (C=O) groups is 1. The molecule has 0 aliphatic carbocycles. The Labute approximate surface area is 171 Å². The minimum Gasteiger partial charge on any atom is -0.276 e. The van der Waals surface area contributed by atoms with E-state index in [1.54, 1.807) is 10.9 Å². The predicted molar refractivity (Wildman–Crippen MR) is 125 cm³/mol. The number of hydrogen-bond donors (Lipinski definition) is 0. The molecule has 0 saturated heterocycles. The molecule has 0 spiro atoms. The van der Waals surface area contributed by atoms with Crippen LogP contribution in [-0.2, 0) is 6.42 Å². The van der Waals surface area contributed by atoms with Gasteiger partial charge >= 0.3 is 0 Å². The van der Waals surface area contributed by atoms with Crippen LogP contribution in [0.4, 0.5) is 0 Å². The number of carbonyl (C=O) groups excluding carboxylic acids is 1. The summed E-state index contributed by atoms with van der Waals surface area (Å²) in [5, 5.41) is 0. The third kappa shape index (κ3) is 20.5. The molecule has 0 bridgehead atoms. The van der Waals surface area contributed by atoms with Crippen LogP contribution in [0.15, 0.2) is 36.3 Å². The van der Waals surface area contributed by atoms with Gasteiger partial charge in [-0.3, -0.25) is 9.36 Å². The number of aryl methyl sites for hydroxylation is 1. The molecule has 0 atom stereocenters. The maximum absolute atomic E-state index is 12.0. The lowest BCUT2D eigenvalue weighted by Gasteiger charge is -2.02. The van der Waals surface area contributed by atoms with Gasteiger partial charge in [0.2, 0.25) is 5.91 Å². The largest absolute Gasteiger partial charge is 0.276 e. The van der Waals surface area contributed by atoms with Crippen molar-refractivity contribution in [2.45, 2.75) is 108 Å². The van der Waals surface area contributed by atoms with E-state index >= 15 is 0 Å². The zero-order valence-corrected chi connectivity index (χ0v) is 20.2. The highest BCUT2D eigenvalue weighted by molar-refractivity contribution is 5.79. The molecule has 1 heterocycles. The molecule has 1 aromatic heterocycles. The van der Waals surface area contributed by atoms with E-state index in [9.17, 15) is 4.79 Å². The van der Waals surface area contributed by atoms with Crippen molar-refractivity contribution in [1.29, 1.82) is 0 Å².